The van der Waals surface area contributed by atoms with Crippen molar-refractivity contribution >= 4 is 51.9 Å². The molecule has 35 heavy (non-hydrogen) atoms. The van der Waals surface area contributed by atoms with Crippen molar-refractivity contribution in [1.82, 2.24) is 15.8 Å². The molecule has 0 saturated heterocycles. The number of ketones is 2. The topological polar surface area (TPSA) is 180 Å². The first-order valence-corrected chi connectivity index (χ1v) is 10.9. The number of rotatable bonds is 8. The van der Waals surface area contributed by atoms with E-state index in [9.17, 15) is 14.4 Å². The maximum Gasteiger partial charge on any atom is 0.224 e. The van der Waals surface area contributed by atoms with Gasteiger partial charge in [0.25, 0.3) is 0 Å². The Morgan fingerprint density at radius 1 is 1.03 bits per heavy atom. The number of benzene rings is 2. The summed E-state index contributed by atoms with van der Waals surface area (Å²) in [7, 11) is 3.27. The number of nitrogens with one attached hydrogen (secondary N) is 3. The maximum atomic E-state index is 13.4. The Morgan fingerprint density at radius 2 is 1.63 bits per heavy atom. The Hall–Kier alpha value is -4.15. The summed E-state index contributed by atoms with van der Waals surface area (Å²) in [4.78, 5) is 39.5. The van der Waals surface area contributed by atoms with Crippen LogP contribution in [0.15, 0.2) is 58.8 Å². The lowest BCUT2D eigenvalue weighted by molar-refractivity contribution is -0.122. The average molecular weight is 496 g/mol. The SMILES string of the molecule is CN(C)NC1=C(Cl)C(=O)C(c2cc(N)cc(N)c2)=C(CC(=O)NCc2ccc(C(=N)N)cc2)C1=O. The molecule has 0 aliphatic heterocycles. The second-order valence-corrected chi connectivity index (χ2v) is 8.54. The van der Waals surface area contributed by atoms with E-state index in [0.29, 0.717) is 22.5 Å². The van der Waals surface area contributed by atoms with Crippen LogP contribution in [0.25, 0.3) is 5.57 Å². The Balaban J connectivity index is 1.93. The number of hydrogen-bond donors (Lipinski definition) is 6. The highest BCUT2D eigenvalue weighted by Crippen LogP contribution is 2.35. The Labute approximate surface area is 207 Å². The van der Waals surface area contributed by atoms with Crippen molar-refractivity contribution in [1.29, 1.82) is 5.41 Å². The summed E-state index contributed by atoms with van der Waals surface area (Å²) in [6.07, 6.45) is -0.372. The number of hydrazine groups is 1. The lowest BCUT2D eigenvalue weighted by Crippen LogP contribution is -2.38. The number of amides is 1. The van der Waals surface area contributed by atoms with E-state index in [1.807, 2.05) is 0 Å². The van der Waals surface area contributed by atoms with Crippen molar-refractivity contribution in [2.24, 2.45) is 5.73 Å². The molecule has 1 aliphatic rings. The van der Waals surface area contributed by atoms with E-state index in [1.165, 1.54) is 23.2 Å². The van der Waals surface area contributed by atoms with E-state index in [4.69, 9.17) is 34.2 Å². The summed E-state index contributed by atoms with van der Waals surface area (Å²) in [5.41, 5.74) is 22.0. The lowest BCUT2D eigenvalue weighted by Gasteiger charge is -2.24. The molecule has 0 atom stereocenters. The molecule has 0 unspecified atom stereocenters. The second kappa shape index (κ2) is 10.4. The largest absolute Gasteiger partial charge is 0.399 e. The molecule has 182 valence electrons. The Morgan fingerprint density at radius 3 is 2.17 bits per heavy atom. The van der Waals surface area contributed by atoms with E-state index in [2.05, 4.69) is 10.7 Å². The smallest absolute Gasteiger partial charge is 0.224 e. The predicted octanol–water partition coefficient (Wildman–Crippen LogP) is 1.26. The minimum absolute atomic E-state index is 0.0238. The van der Waals surface area contributed by atoms with Crippen LogP contribution in [0.4, 0.5) is 11.4 Å². The molecular formula is C24H26ClN7O3. The van der Waals surface area contributed by atoms with Gasteiger partial charge in [-0.15, -0.1) is 0 Å². The zero-order valence-electron chi connectivity index (χ0n) is 19.2. The number of carbonyl (C=O) groups is 3. The van der Waals surface area contributed by atoms with Crippen LogP contribution in [0, 0.1) is 5.41 Å². The monoisotopic (exact) mass is 495 g/mol. The molecule has 11 heteroatoms. The fraction of sp³-hybridized carbons (Fsp3) is 0.167. The number of carbonyl (C=O) groups excluding carboxylic acids is 3. The van der Waals surface area contributed by atoms with Crippen LogP contribution in [0.1, 0.15) is 23.1 Å². The standard InChI is InChI=1S/C24H26ClN7O3/c1-32(2)31-21-20(25)23(35)19(14-7-15(26)9-16(27)8-14)17(22(21)34)10-18(33)30-11-12-3-5-13(6-4-12)24(28)29/h3-9,31H,10-11,26-27H2,1-2H3,(H3,28,29)(H,30,33). The first-order valence-electron chi connectivity index (χ1n) is 10.5. The molecule has 0 radical (unpaired) electrons. The van der Waals surface area contributed by atoms with E-state index in [-0.39, 0.29) is 40.7 Å². The molecule has 0 fully saturated rings. The van der Waals surface area contributed by atoms with Crippen LogP contribution in [0.5, 0.6) is 0 Å². The Bertz CT molecular complexity index is 1260. The molecule has 3 rings (SSSR count). The van der Waals surface area contributed by atoms with Gasteiger partial charge in [-0.1, -0.05) is 35.9 Å². The third-order valence-corrected chi connectivity index (χ3v) is 5.50. The molecule has 9 N–H and O–H groups in total. The highest BCUT2D eigenvalue weighted by molar-refractivity contribution is 6.56. The van der Waals surface area contributed by atoms with Crippen molar-refractivity contribution in [3.63, 3.8) is 0 Å². The number of nitrogens with zero attached hydrogens (tertiary/aromatic N) is 1. The van der Waals surface area contributed by atoms with Crippen LogP contribution in [0.3, 0.4) is 0 Å². The number of Topliss-reactive ketones (excluding diaryl/α,β-unsaturated/α-hetero) is 2. The summed E-state index contributed by atoms with van der Waals surface area (Å²) in [6, 6.07) is 11.3. The van der Waals surface area contributed by atoms with Crippen molar-refractivity contribution in [2.45, 2.75) is 13.0 Å². The zero-order chi connectivity index (χ0) is 25.9. The van der Waals surface area contributed by atoms with E-state index < -0.39 is 17.5 Å². The molecule has 10 nitrogen and oxygen atoms in total. The van der Waals surface area contributed by atoms with Gasteiger partial charge in [-0.2, -0.15) is 0 Å². The second-order valence-electron chi connectivity index (χ2n) is 8.16. The van der Waals surface area contributed by atoms with E-state index in [1.54, 1.807) is 38.4 Å². The number of nitrogen functional groups attached to an aromatic ring is 3. The minimum atomic E-state index is -0.622. The van der Waals surface area contributed by atoms with Crippen LogP contribution in [0.2, 0.25) is 0 Å². The highest BCUT2D eigenvalue weighted by atomic mass is 35.5. The number of anilines is 2. The molecule has 0 heterocycles. The molecular weight excluding hydrogens is 470 g/mol. The molecule has 0 bridgehead atoms. The summed E-state index contributed by atoms with van der Waals surface area (Å²) in [5.74, 6) is -1.74. The van der Waals surface area contributed by atoms with Crippen LogP contribution in [-0.2, 0) is 20.9 Å². The molecule has 2 aromatic carbocycles. The predicted molar refractivity (Wildman–Crippen MR) is 136 cm³/mol. The van der Waals surface area contributed by atoms with Gasteiger partial charge in [0.1, 0.15) is 16.6 Å². The number of halogens is 1. The molecule has 0 aromatic heterocycles. The van der Waals surface area contributed by atoms with E-state index >= 15 is 0 Å². The van der Waals surface area contributed by atoms with Gasteiger partial charge < -0.3 is 27.9 Å². The van der Waals surface area contributed by atoms with Gasteiger partial charge in [-0.3, -0.25) is 19.8 Å². The van der Waals surface area contributed by atoms with Gasteiger partial charge in [0.2, 0.25) is 17.5 Å². The minimum Gasteiger partial charge on any atom is -0.399 e. The number of nitrogens with two attached hydrogens (primary N) is 3. The van der Waals surface area contributed by atoms with Crippen LogP contribution in [-0.4, -0.2) is 42.4 Å². The maximum absolute atomic E-state index is 13.4. The Kier molecular flexibility index (Phi) is 7.58. The van der Waals surface area contributed by atoms with Gasteiger partial charge in [-0.25, -0.2) is 5.01 Å². The van der Waals surface area contributed by atoms with Crippen molar-refractivity contribution in [3.8, 4) is 0 Å². The fourth-order valence-corrected chi connectivity index (χ4v) is 3.79. The number of allylic oxidation sites excluding steroid dienone is 3. The average Bonchev–Trinajstić information content (AvgIpc) is 2.78. The first-order chi connectivity index (χ1) is 16.5. The highest BCUT2D eigenvalue weighted by Gasteiger charge is 2.36. The molecule has 1 aliphatic carbocycles. The van der Waals surface area contributed by atoms with Gasteiger partial charge in [-0.05, 0) is 29.3 Å². The molecule has 0 saturated carbocycles. The van der Waals surface area contributed by atoms with E-state index in [0.717, 1.165) is 5.56 Å². The number of amidine groups is 1. The third-order valence-electron chi connectivity index (χ3n) is 5.14. The fourth-order valence-electron chi connectivity index (χ4n) is 3.57. The zero-order valence-corrected chi connectivity index (χ0v) is 20.0. The summed E-state index contributed by atoms with van der Waals surface area (Å²) >= 11 is 6.27. The van der Waals surface area contributed by atoms with Crippen LogP contribution >= 0.6 is 11.6 Å². The van der Waals surface area contributed by atoms with Crippen LogP contribution < -0.4 is 27.9 Å². The normalized spacial score (nSPS) is 13.9. The summed E-state index contributed by atoms with van der Waals surface area (Å²) in [5, 5.41) is 11.4. The first kappa shape index (κ1) is 25.5. The third kappa shape index (κ3) is 5.86. The quantitative estimate of drug-likeness (QED) is 0.104. The van der Waals surface area contributed by atoms with Crippen molar-refractivity contribution in [3.05, 3.63) is 75.5 Å². The van der Waals surface area contributed by atoms with Crippen molar-refractivity contribution < 1.29 is 14.4 Å². The molecule has 0 spiro atoms. The molecule has 1 amide bonds. The summed E-state index contributed by atoms with van der Waals surface area (Å²) in [6.45, 7) is 0.173. The number of hydrogen-bond acceptors (Lipinski definition) is 8. The van der Waals surface area contributed by atoms with Gasteiger partial charge in [0.05, 0.1) is 6.42 Å². The van der Waals surface area contributed by atoms with Gasteiger partial charge in [0.15, 0.2) is 0 Å². The molecule has 2 aromatic rings. The van der Waals surface area contributed by atoms with Gasteiger partial charge >= 0.3 is 0 Å². The summed E-state index contributed by atoms with van der Waals surface area (Å²) < 4.78 is 0. The lowest BCUT2D eigenvalue weighted by atomic mass is 9.85. The van der Waals surface area contributed by atoms with Crippen molar-refractivity contribution in [2.75, 3.05) is 25.6 Å². The van der Waals surface area contributed by atoms with Gasteiger partial charge in [0, 0.05) is 48.7 Å².